The molecule has 0 unspecified atom stereocenters. The molecule has 0 aromatic carbocycles. The van der Waals surface area contributed by atoms with Gasteiger partial charge in [0.1, 0.15) is 0 Å². The fourth-order valence-electron chi connectivity index (χ4n) is 0. The molecule has 0 aromatic rings. The Kier molecular flexibility index (Phi) is 64.7. The van der Waals surface area contributed by atoms with Crippen LogP contribution in [0.15, 0.2) is 0 Å². The molecule has 0 atom stereocenters. The summed E-state index contributed by atoms with van der Waals surface area (Å²) in [6, 6.07) is 0. The summed E-state index contributed by atoms with van der Waals surface area (Å²) in [4.78, 5) is 43.1. The van der Waals surface area contributed by atoms with Crippen molar-refractivity contribution in [3.63, 3.8) is 0 Å². The van der Waals surface area contributed by atoms with Crippen LogP contribution in [0.4, 0.5) is 0 Å². The van der Waals surface area contributed by atoms with Crippen molar-refractivity contribution in [2.24, 2.45) is 0 Å². The molecule has 0 fully saturated rings. The summed E-state index contributed by atoms with van der Waals surface area (Å²) < 4.78 is 17.8. The van der Waals surface area contributed by atoms with Gasteiger partial charge in [-0.25, -0.2) is 9.13 Å². The molecule has 0 saturated heterocycles. The van der Waals surface area contributed by atoms with Crippen LogP contribution in [0.1, 0.15) is 0 Å². The van der Waals surface area contributed by atoms with Crippen molar-refractivity contribution in [2.45, 2.75) is 0 Å². The van der Waals surface area contributed by atoms with Crippen molar-refractivity contribution < 1.29 is 43.6 Å². The molecule has 7 N–H and O–H groups in total. The van der Waals surface area contributed by atoms with Gasteiger partial charge in [-0.3, -0.25) is 0 Å². The second-order valence-electron chi connectivity index (χ2n) is 1.03. The molecular formula is CH14Na4O9P2. The van der Waals surface area contributed by atoms with E-state index in [4.69, 9.17) is 43.6 Å². The van der Waals surface area contributed by atoms with Gasteiger partial charge in [0.15, 0.2) is 0 Å². The van der Waals surface area contributed by atoms with Gasteiger partial charge in [-0.05, 0) is 0 Å². The topological polar surface area (TPSA) is 176 Å². The zero-order valence-corrected chi connectivity index (χ0v) is 7.63. The van der Waals surface area contributed by atoms with E-state index in [1.54, 1.807) is 0 Å². The molecule has 0 saturated carbocycles. The predicted octanol–water partition coefficient (Wildman–Crippen LogP) is -4.84. The number of aliphatic hydroxyl groups is 1. The van der Waals surface area contributed by atoms with Gasteiger partial charge in [0, 0.05) is 7.11 Å². The summed E-state index contributed by atoms with van der Waals surface area (Å²) in [7, 11) is -8.28. The minimum absolute atomic E-state index is 0. The fourth-order valence-corrected chi connectivity index (χ4v) is 0. The molecule has 0 aliphatic carbocycles. The fraction of sp³-hybridized carbons (Fsp3) is 1.00. The average molecular weight is 324 g/mol. The molecule has 0 radical (unpaired) electrons. The third kappa shape index (κ3) is 307. The predicted molar refractivity (Wildman–Crippen MR) is 65.3 cm³/mol. The van der Waals surface area contributed by atoms with Gasteiger partial charge in [0.25, 0.3) is 0 Å². The van der Waals surface area contributed by atoms with Crippen LogP contribution in [-0.2, 0) is 9.13 Å². The van der Waals surface area contributed by atoms with Gasteiger partial charge >= 0.3 is 134 Å². The van der Waals surface area contributed by atoms with E-state index in [2.05, 4.69) is 0 Å². The second kappa shape index (κ2) is 24.2. The normalized spacial score (nSPS) is 7.75. The number of hydrogen-bond acceptors (Lipinski definition) is 3. The third-order valence-electron chi connectivity index (χ3n) is 0. The van der Waals surface area contributed by atoms with E-state index in [9.17, 15) is 0 Å². The van der Waals surface area contributed by atoms with Crippen LogP contribution in [0.3, 0.4) is 0 Å². The zero-order valence-electron chi connectivity index (χ0n) is 5.84. The molecule has 0 aromatic heterocycles. The van der Waals surface area contributed by atoms with Gasteiger partial charge in [-0.15, -0.1) is 0 Å². The van der Waals surface area contributed by atoms with Crippen LogP contribution in [0.2, 0.25) is 0 Å². The van der Waals surface area contributed by atoms with Gasteiger partial charge in [-0.1, -0.05) is 0 Å². The number of rotatable bonds is 0. The van der Waals surface area contributed by atoms with Crippen molar-refractivity contribution >= 4 is 134 Å². The summed E-state index contributed by atoms with van der Waals surface area (Å²) in [5.74, 6) is 0. The van der Waals surface area contributed by atoms with Crippen molar-refractivity contribution in [3.8, 4) is 0 Å². The van der Waals surface area contributed by atoms with Gasteiger partial charge < -0.3 is 34.5 Å². The van der Waals surface area contributed by atoms with Crippen molar-refractivity contribution in [1.82, 2.24) is 0 Å². The maximum atomic E-state index is 8.88. The Balaban J connectivity index is -0.0000000144. The molecule has 15 heteroatoms. The monoisotopic (exact) mass is 324 g/mol. The molecule has 0 rings (SSSR count). The van der Waals surface area contributed by atoms with E-state index in [1.807, 2.05) is 0 Å². The van der Waals surface area contributed by atoms with Crippen LogP contribution >= 0.6 is 15.6 Å². The van der Waals surface area contributed by atoms with E-state index in [1.165, 1.54) is 0 Å². The second-order valence-corrected chi connectivity index (χ2v) is 3.08. The molecule has 86 valence electrons. The van der Waals surface area contributed by atoms with Gasteiger partial charge in [-0.2, -0.15) is 0 Å². The molecule has 0 heterocycles. The number of phosphoric acid groups is 2. The molecule has 0 spiro atoms. The van der Waals surface area contributed by atoms with Gasteiger partial charge in [0.2, 0.25) is 0 Å². The van der Waals surface area contributed by atoms with E-state index in [0.717, 1.165) is 7.11 Å². The van der Waals surface area contributed by atoms with E-state index >= 15 is 0 Å². The molecule has 0 aliphatic rings. The Morgan fingerprint density at radius 2 is 0.562 bits per heavy atom. The van der Waals surface area contributed by atoms with Crippen LogP contribution in [0, 0.1) is 0 Å². The first-order valence-electron chi connectivity index (χ1n) is 2.01. The quantitative estimate of drug-likeness (QED) is 0.170. The first-order valence-corrected chi connectivity index (χ1v) is 5.14. The summed E-state index contributed by atoms with van der Waals surface area (Å²) in [6.45, 7) is 0. The number of aliphatic hydroxyl groups excluding tert-OH is 1. The average Bonchev–Trinajstić information content (AvgIpc) is 1.59. The maximum absolute atomic E-state index is 8.88. The van der Waals surface area contributed by atoms with Crippen LogP contribution in [-0.4, -0.2) is 160 Å². The Morgan fingerprint density at radius 1 is 0.562 bits per heavy atom. The van der Waals surface area contributed by atoms with Crippen LogP contribution in [0.25, 0.3) is 0 Å². The summed E-state index contributed by atoms with van der Waals surface area (Å²) in [5, 5.41) is 7.00. The van der Waals surface area contributed by atoms with Crippen LogP contribution < -0.4 is 0 Å². The van der Waals surface area contributed by atoms with Crippen molar-refractivity contribution in [1.29, 1.82) is 0 Å². The Hall–Kier alpha value is 4.18. The van der Waals surface area contributed by atoms with E-state index in [-0.39, 0.29) is 118 Å². The Bertz CT molecular complexity index is 138. The summed E-state index contributed by atoms with van der Waals surface area (Å²) in [5.41, 5.74) is 0. The van der Waals surface area contributed by atoms with E-state index < -0.39 is 15.6 Å². The molecule has 9 nitrogen and oxygen atoms in total. The molecule has 0 aliphatic heterocycles. The summed E-state index contributed by atoms with van der Waals surface area (Å²) >= 11 is 0. The van der Waals surface area contributed by atoms with Crippen LogP contribution in [0.5, 0.6) is 0 Å². The number of hydrogen-bond donors (Lipinski definition) is 7. The van der Waals surface area contributed by atoms with Crippen molar-refractivity contribution in [2.75, 3.05) is 7.11 Å². The Labute approximate surface area is 181 Å². The molecule has 0 bridgehead atoms. The SMILES string of the molecule is CO.O=P(O)(O)O.O=P(O)(O)O.[NaH].[NaH].[NaH].[NaH]. The Morgan fingerprint density at radius 3 is 0.562 bits per heavy atom. The van der Waals surface area contributed by atoms with Gasteiger partial charge in [0.05, 0.1) is 0 Å². The zero-order chi connectivity index (χ0) is 11.0. The van der Waals surface area contributed by atoms with Crippen molar-refractivity contribution in [3.05, 3.63) is 0 Å². The molecule has 0 amide bonds. The molecular weight excluding hydrogens is 310 g/mol. The first kappa shape index (κ1) is 42.7. The summed E-state index contributed by atoms with van der Waals surface area (Å²) in [6.07, 6.45) is 0. The first-order chi connectivity index (χ1) is 5.00. The minimum atomic E-state index is -4.64. The molecule has 16 heavy (non-hydrogen) atoms. The van der Waals surface area contributed by atoms with E-state index in [0.29, 0.717) is 0 Å². The third-order valence-corrected chi connectivity index (χ3v) is 0. The standard InChI is InChI=1S/CH4O.4Na.2H3O4P.4H/c1-2;;;;;2*1-5(2,3)4;;;;/h2H,1H3;;;;;2*(H3,1,2,3,4);;;;.